The third kappa shape index (κ3) is 5.28. The van der Waals surface area contributed by atoms with Crippen LogP contribution in [0, 0.1) is 29.6 Å². The number of aromatic nitrogens is 1. The summed E-state index contributed by atoms with van der Waals surface area (Å²) in [4.78, 5) is 31.5. The average Bonchev–Trinajstić information content (AvgIpc) is 3.00. The predicted molar refractivity (Wildman–Crippen MR) is 167 cm³/mol. The lowest BCUT2D eigenvalue weighted by Gasteiger charge is -2.21. The molecule has 0 aliphatic heterocycles. The van der Waals surface area contributed by atoms with E-state index < -0.39 is 17.3 Å². The van der Waals surface area contributed by atoms with Crippen molar-refractivity contribution < 1.29 is 14.7 Å². The lowest BCUT2D eigenvalue weighted by molar-refractivity contribution is 0.0977. The van der Waals surface area contributed by atoms with E-state index in [2.05, 4.69) is 32.8 Å². The highest BCUT2D eigenvalue weighted by Gasteiger charge is 2.37. The van der Waals surface area contributed by atoms with Crippen molar-refractivity contribution >= 4 is 57.6 Å². The van der Waals surface area contributed by atoms with Crippen molar-refractivity contribution in [3.8, 4) is 17.9 Å². The van der Waals surface area contributed by atoms with Crippen LogP contribution in [0.3, 0.4) is 0 Å². The number of nitrogens with two attached hydrogens (primary N) is 1. The molecule has 1 heterocycles. The number of nitrogens with zero attached hydrogens (tertiary/aromatic N) is 5. The fourth-order valence-corrected chi connectivity index (χ4v) is 5.14. The van der Waals surface area contributed by atoms with E-state index in [1.807, 2.05) is 36.4 Å². The predicted octanol–water partition coefficient (Wildman–Crippen LogP) is 7.22. The topological polar surface area (TPSA) is 190 Å². The molecule has 0 bridgehead atoms. The molecule has 0 unspecified atom stereocenters. The maximum Gasteiger partial charge on any atom is 0.200 e. The molecular weight excluding hydrogens is 580 g/mol. The van der Waals surface area contributed by atoms with E-state index in [1.165, 1.54) is 24.3 Å². The van der Waals surface area contributed by atoms with Gasteiger partial charge in [-0.1, -0.05) is 37.1 Å². The molecule has 0 radical (unpaired) electrons. The summed E-state index contributed by atoms with van der Waals surface area (Å²) < 4.78 is 0. The van der Waals surface area contributed by atoms with Gasteiger partial charge in [0.05, 0.1) is 38.9 Å². The van der Waals surface area contributed by atoms with Crippen LogP contribution in [0.2, 0.25) is 5.02 Å². The number of nitrogen functional groups attached to an aromatic ring is 1. The zero-order valence-electron chi connectivity index (χ0n) is 23.7. The normalized spacial score (nSPS) is 11.9. The van der Waals surface area contributed by atoms with Crippen molar-refractivity contribution in [1.29, 1.82) is 10.5 Å². The van der Waals surface area contributed by atoms with Crippen LogP contribution in [0.15, 0.2) is 58.8 Å². The van der Waals surface area contributed by atoms with Crippen molar-refractivity contribution in [3.63, 3.8) is 0 Å². The lowest BCUT2D eigenvalue weighted by Crippen LogP contribution is -2.22. The molecule has 5 N–H and O–H groups in total. The number of unbranched alkanes of at least 4 members (excludes halogenated alkanes) is 1. The smallest absolute Gasteiger partial charge is 0.200 e. The van der Waals surface area contributed by atoms with Crippen molar-refractivity contribution in [2.24, 2.45) is 10.2 Å². The standard InChI is InChI=1S/C32H25ClN8O3/c1-3-4-12-37-18-8-10-19(11-9-18)38-32-27(16(2)21(15-35)31(36)39-32)40-41-28-22(33)13-17(14-34)24-26(28)30(44)25-20(29(24)43)6-5-7-23(25)42/h5-11,13,37,42H,3-4,12H2,1-2H3,(H3,36,38,39)/b41-40+. The largest absolute Gasteiger partial charge is 0.507 e. The Morgan fingerprint density at radius 2 is 1.68 bits per heavy atom. The number of carbonyl (C=O) groups is 2. The molecule has 5 rings (SSSR count). The molecule has 3 aromatic carbocycles. The molecule has 0 saturated heterocycles. The maximum atomic E-state index is 13.7. The van der Waals surface area contributed by atoms with E-state index in [1.54, 1.807) is 6.92 Å². The van der Waals surface area contributed by atoms with Crippen LogP contribution < -0.4 is 16.4 Å². The minimum atomic E-state index is -0.739. The first-order chi connectivity index (χ1) is 21.2. The number of ketones is 2. The quantitative estimate of drug-likeness (QED) is 0.105. The summed E-state index contributed by atoms with van der Waals surface area (Å²) in [6.07, 6.45) is 2.12. The Morgan fingerprint density at radius 3 is 2.36 bits per heavy atom. The number of halogens is 1. The number of nitriles is 2. The van der Waals surface area contributed by atoms with Crippen LogP contribution in [0.25, 0.3) is 0 Å². The van der Waals surface area contributed by atoms with Crippen molar-refractivity contribution in [3.05, 3.63) is 92.5 Å². The van der Waals surface area contributed by atoms with E-state index in [4.69, 9.17) is 17.3 Å². The zero-order valence-corrected chi connectivity index (χ0v) is 24.5. The van der Waals surface area contributed by atoms with Crippen LogP contribution >= 0.6 is 11.6 Å². The fraction of sp³-hybridized carbons (Fsp3) is 0.156. The summed E-state index contributed by atoms with van der Waals surface area (Å²) in [7, 11) is 0. The number of phenols is 1. The Hall–Kier alpha value is -5.78. The van der Waals surface area contributed by atoms with Gasteiger partial charge in [-0.3, -0.25) is 9.59 Å². The SMILES string of the molecule is CCCCNc1ccc(Nc2nc(N)c(C#N)c(C)c2/N=N/c2c(Cl)cc(C#N)c3c2C(=O)c2c(O)cccc2C3=O)cc1. The number of azo groups is 1. The second-order valence-corrected chi connectivity index (χ2v) is 10.4. The van der Waals surface area contributed by atoms with Gasteiger partial charge in [-0.05, 0) is 49.7 Å². The Bertz CT molecular complexity index is 1960. The lowest BCUT2D eigenvalue weighted by atomic mass is 9.80. The average molecular weight is 605 g/mol. The van der Waals surface area contributed by atoms with E-state index >= 15 is 0 Å². The number of nitrogens with one attached hydrogen (secondary N) is 2. The third-order valence-corrected chi connectivity index (χ3v) is 7.44. The highest BCUT2D eigenvalue weighted by molar-refractivity contribution is 6.37. The van der Waals surface area contributed by atoms with Gasteiger partial charge in [-0.15, -0.1) is 10.2 Å². The van der Waals surface area contributed by atoms with Gasteiger partial charge in [-0.2, -0.15) is 10.5 Å². The summed E-state index contributed by atoms with van der Waals surface area (Å²) in [5.74, 6) is -1.62. The highest BCUT2D eigenvalue weighted by atomic mass is 35.5. The van der Waals surface area contributed by atoms with Crippen molar-refractivity contribution in [2.45, 2.75) is 26.7 Å². The van der Waals surface area contributed by atoms with Crippen molar-refractivity contribution in [2.75, 3.05) is 22.9 Å². The van der Waals surface area contributed by atoms with Gasteiger partial charge in [0, 0.05) is 29.0 Å². The number of hydrogen-bond donors (Lipinski definition) is 4. The van der Waals surface area contributed by atoms with Gasteiger partial charge in [0.1, 0.15) is 29.0 Å². The number of benzene rings is 3. The van der Waals surface area contributed by atoms with Crippen LogP contribution in [0.1, 0.15) is 68.3 Å². The first kappa shape index (κ1) is 29.7. The highest BCUT2D eigenvalue weighted by Crippen LogP contribution is 2.43. The molecule has 1 aliphatic rings. The first-order valence-electron chi connectivity index (χ1n) is 13.6. The fourth-order valence-electron chi connectivity index (χ4n) is 4.90. The molecule has 0 amide bonds. The number of rotatable bonds is 8. The van der Waals surface area contributed by atoms with E-state index in [-0.39, 0.29) is 61.4 Å². The van der Waals surface area contributed by atoms with Gasteiger partial charge in [0.15, 0.2) is 11.6 Å². The maximum absolute atomic E-state index is 13.7. The molecule has 11 nitrogen and oxygen atoms in total. The number of anilines is 4. The molecule has 1 aromatic heterocycles. The summed E-state index contributed by atoms with van der Waals surface area (Å²) in [6.45, 7) is 4.59. The number of phenolic OH excluding ortho intramolecular Hbond substituents is 1. The van der Waals surface area contributed by atoms with Gasteiger partial charge in [0.2, 0.25) is 5.78 Å². The third-order valence-electron chi connectivity index (χ3n) is 7.15. The number of aromatic hydroxyl groups is 1. The zero-order chi connectivity index (χ0) is 31.5. The molecule has 1 aliphatic carbocycles. The number of fused-ring (bicyclic) bond motifs is 2. The second-order valence-electron chi connectivity index (χ2n) is 9.96. The van der Waals surface area contributed by atoms with Gasteiger partial charge in [-0.25, -0.2) is 4.98 Å². The van der Waals surface area contributed by atoms with E-state index in [0.29, 0.717) is 11.3 Å². The summed E-state index contributed by atoms with van der Waals surface area (Å²) in [5.41, 5.74) is 7.22. The number of hydrogen-bond acceptors (Lipinski definition) is 11. The second kappa shape index (κ2) is 12.2. The molecule has 4 aromatic rings. The molecule has 12 heteroatoms. The Labute approximate surface area is 257 Å². The molecule has 0 spiro atoms. The van der Waals surface area contributed by atoms with Crippen molar-refractivity contribution in [1.82, 2.24) is 4.98 Å². The molecule has 218 valence electrons. The Kier molecular flexibility index (Phi) is 8.25. The number of carbonyl (C=O) groups excluding carboxylic acids is 2. The minimum Gasteiger partial charge on any atom is -0.507 e. The summed E-state index contributed by atoms with van der Waals surface area (Å²) in [6, 6.07) is 16.7. The first-order valence-corrected chi connectivity index (χ1v) is 14.0. The van der Waals surface area contributed by atoms with Crippen LogP contribution in [0.5, 0.6) is 5.75 Å². The molecule has 44 heavy (non-hydrogen) atoms. The summed E-state index contributed by atoms with van der Waals surface area (Å²) in [5, 5.41) is 44.9. The molecule has 0 atom stereocenters. The van der Waals surface area contributed by atoms with Gasteiger partial charge >= 0.3 is 0 Å². The molecule has 0 fully saturated rings. The van der Waals surface area contributed by atoms with Gasteiger partial charge < -0.3 is 21.5 Å². The van der Waals surface area contributed by atoms with E-state index in [9.17, 15) is 25.2 Å². The van der Waals surface area contributed by atoms with Crippen LogP contribution in [-0.4, -0.2) is 28.2 Å². The Balaban J connectivity index is 1.62. The minimum absolute atomic E-state index is 0.0223. The summed E-state index contributed by atoms with van der Waals surface area (Å²) >= 11 is 6.50. The molecular formula is C32H25ClN8O3. The Morgan fingerprint density at radius 1 is 0.977 bits per heavy atom. The van der Waals surface area contributed by atoms with Crippen LogP contribution in [0.4, 0.5) is 34.4 Å². The monoisotopic (exact) mass is 604 g/mol. The van der Waals surface area contributed by atoms with E-state index in [0.717, 1.165) is 25.1 Å². The van der Waals surface area contributed by atoms with Gasteiger partial charge in [0.25, 0.3) is 0 Å². The number of pyridine rings is 1. The van der Waals surface area contributed by atoms with Crippen LogP contribution in [-0.2, 0) is 0 Å². The molecule has 0 saturated carbocycles.